The van der Waals surface area contributed by atoms with E-state index in [4.69, 9.17) is 4.74 Å². The second kappa shape index (κ2) is 7.13. The largest absolute Gasteiger partial charge is 0.376 e. The number of sulfonamides is 1. The van der Waals surface area contributed by atoms with E-state index in [1.54, 1.807) is 0 Å². The summed E-state index contributed by atoms with van der Waals surface area (Å²) in [5.41, 5.74) is 0. The number of ether oxygens (including phenoxy) is 1. The van der Waals surface area contributed by atoms with E-state index in [1.807, 2.05) is 0 Å². The minimum absolute atomic E-state index is 0.129. The molecular weight excluding hydrogens is 302 g/mol. The van der Waals surface area contributed by atoms with E-state index >= 15 is 0 Å². The summed E-state index contributed by atoms with van der Waals surface area (Å²) in [5.74, 6) is 0. The quantitative estimate of drug-likeness (QED) is 0.756. The Hall–Kier alpha value is -0.210. The van der Waals surface area contributed by atoms with Crippen molar-refractivity contribution in [2.24, 2.45) is 0 Å². The van der Waals surface area contributed by atoms with Crippen molar-refractivity contribution < 1.29 is 13.2 Å². The van der Waals surface area contributed by atoms with Gasteiger partial charge in [0.15, 0.2) is 0 Å². The molecular formula is C15H29N3O3S. The van der Waals surface area contributed by atoms with Gasteiger partial charge < -0.3 is 9.64 Å². The second-order valence-electron chi connectivity index (χ2n) is 6.95. The third kappa shape index (κ3) is 4.41. The minimum Gasteiger partial charge on any atom is -0.376 e. The van der Waals surface area contributed by atoms with Gasteiger partial charge in [0.05, 0.1) is 18.0 Å². The Morgan fingerprint density at radius 2 is 1.86 bits per heavy atom. The summed E-state index contributed by atoms with van der Waals surface area (Å²) in [6, 6.07) is 0.672. The van der Waals surface area contributed by atoms with Crippen molar-refractivity contribution >= 4 is 10.0 Å². The Morgan fingerprint density at radius 1 is 1.14 bits per heavy atom. The van der Waals surface area contributed by atoms with Gasteiger partial charge in [0.2, 0.25) is 10.0 Å². The van der Waals surface area contributed by atoms with E-state index in [0.717, 1.165) is 39.0 Å². The molecule has 2 saturated heterocycles. The van der Waals surface area contributed by atoms with Gasteiger partial charge in [-0.15, -0.1) is 0 Å². The fourth-order valence-electron chi connectivity index (χ4n) is 3.47. The highest BCUT2D eigenvalue weighted by molar-refractivity contribution is 7.90. The topological polar surface area (TPSA) is 61.9 Å². The Kier molecular flexibility index (Phi) is 5.39. The first-order chi connectivity index (χ1) is 10.5. The lowest BCUT2D eigenvalue weighted by atomic mass is 10.0. The van der Waals surface area contributed by atoms with E-state index in [1.165, 1.54) is 25.9 Å². The second-order valence-corrected chi connectivity index (χ2v) is 8.99. The van der Waals surface area contributed by atoms with Gasteiger partial charge >= 0.3 is 0 Å². The number of piperidine rings is 1. The number of hydrogen-bond donors (Lipinski definition) is 1. The Balaban J connectivity index is 1.40. The molecule has 0 spiro atoms. The molecule has 3 aliphatic rings. The molecule has 0 aromatic carbocycles. The van der Waals surface area contributed by atoms with Gasteiger partial charge in [0.25, 0.3) is 0 Å². The summed E-state index contributed by atoms with van der Waals surface area (Å²) >= 11 is 0. The molecule has 0 amide bonds. The molecule has 0 radical (unpaired) electrons. The van der Waals surface area contributed by atoms with Gasteiger partial charge in [0, 0.05) is 25.7 Å². The number of hydrogen-bond acceptors (Lipinski definition) is 5. The van der Waals surface area contributed by atoms with Crippen molar-refractivity contribution in [3.8, 4) is 0 Å². The Bertz CT molecular complexity index is 459. The van der Waals surface area contributed by atoms with E-state index in [9.17, 15) is 8.42 Å². The fourth-order valence-corrected chi connectivity index (χ4v) is 4.86. The maximum absolute atomic E-state index is 11.8. The molecule has 7 heteroatoms. The average molecular weight is 331 g/mol. The van der Waals surface area contributed by atoms with Crippen molar-refractivity contribution in [2.75, 3.05) is 46.4 Å². The predicted molar refractivity (Wildman–Crippen MR) is 86.4 cm³/mol. The van der Waals surface area contributed by atoms with Crippen LogP contribution >= 0.6 is 0 Å². The highest BCUT2D eigenvalue weighted by Crippen LogP contribution is 2.27. The minimum atomic E-state index is -3.05. The first-order valence-electron chi connectivity index (χ1n) is 8.57. The Labute approximate surface area is 134 Å². The van der Waals surface area contributed by atoms with Gasteiger partial charge in [-0.2, -0.15) is 0 Å². The monoisotopic (exact) mass is 331 g/mol. The van der Waals surface area contributed by atoms with Crippen molar-refractivity contribution in [1.82, 2.24) is 14.5 Å². The van der Waals surface area contributed by atoms with E-state index in [0.29, 0.717) is 12.6 Å². The summed E-state index contributed by atoms with van der Waals surface area (Å²) in [7, 11) is -0.868. The molecule has 2 heterocycles. The van der Waals surface area contributed by atoms with Gasteiger partial charge in [-0.3, -0.25) is 4.90 Å². The van der Waals surface area contributed by atoms with Crippen molar-refractivity contribution in [1.29, 1.82) is 0 Å². The molecule has 3 fully saturated rings. The van der Waals surface area contributed by atoms with E-state index in [2.05, 4.69) is 21.6 Å². The molecule has 6 nitrogen and oxygen atoms in total. The number of rotatable bonds is 6. The van der Waals surface area contributed by atoms with Crippen LogP contribution in [0.15, 0.2) is 0 Å². The van der Waals surface area contributed by atoms with Crippen molar-refractivity contribution in [3.63, 3.8) is 0 Å². The zero-order valence-corrected chi connectivity index (χ0v) is 14.4. The SMILES string of the molecule is CN1CCC(N2CCO[C@H](CCNS(=O)(=O)C3CC3)C2)CC1. The Morgan fingerprint density at radius 3 is 2.55 bits per heavy atom. The fraction of sp³-hybridized carbons (Fsp3) is 1.00. The summed E-state index contributed by atoms with van der Waals surface area (Å²) in [5, 5.41) is -0.129. The zero-order valence-electron chi connectivity index (χ0n) is 13.5. The molecule has 0 unspecified atom stereocenters. The molecule has 0 bridgehead atoms. The van der Waals surface area contributed by atoms with Gasteiger partial charge in [-0.25, -0.2) is 13.1 Å². The summed E-state index contributed by atoms with van der Waals surface area (Å²) in [6.45, 7) is 5.58. The number of nitrogens with zero attached hydrogens (tertiary/aromatic N) is 2. The van der Waals surface area contributed by atoms with Crippen molar-refractivity contribution in [2.45, 2.75) is 49.5 Å². The summed E-state index contributed by atoms with van der Waals surface area (Å²) in [6.07, 6.45) is 5.04. The van der Waals surface area contributed by atoms with Crippen LogP contribution in [-0.2, 0) is 14.8 Å². The first-order valence-corrected chi connectivity index (χ1v) is 10.1. The number of morpholine rings is 1. The van der Waals surface area contributed by atoms with Crippen molar-refractivity contribution in [3.05, 3.63) is 0 Å². The molecule has 0 aromatic heterocycles. The van der Waals surface area contributed by atoms with Gasteiger partial charge in [-0.05, 0) is 52.2 Å². The zero-order chi connectivity index (χ0) is 15.6. The lowest BCUT2D eigenvalue weighted by molar-refractivity contribution is -0.0530. The molecule has 1 aliphatic carbocycles. The number of nitrogens with one attached hydrogen (secondary N) is 1. The average Bonchev–Trinajstić information content (AvgIpc) is 3.33. The molecule has 1 atom stereocenters. The lowest BCUT2D eigenvalue weighted by Crippen LogP contribution is -2.51. The van der Waals surface area contributed by atoms with Crippen LogP contribution in [0, 0.1) is 0 Å². The number of likely N-dealkylation sites (tertiary alicyclic amines) is 1. The first kappa shape index (κ1) is 16.6. The molecule has 128 valence electrons. The smallest absolute Gasteiger partial charge is 0.214 e. The van der Waals surface area contributed by atoms with E-state index in [-0.39, 0.29) is 11.4 Å². The van der Waals surface area contributed by atoms with Crippen LogP contribution in [0.4, 0.5) is 0 Å². The molecule has 1 saturated carbocycles. The third-order valence-corrected chi connectivity index (χ3v) is 7.06. The standard InChI is InChI=1S/C15H29N3O3S/c1-17-8-5-13(6-9-17)18-10-11-21-14(12-18)4-7-16-22(19,20)15-2-3-15/h13-16H,2-12H2,1H3/t14-/m1/s1. The van der Waals surface area contributed by atoms with Crippen LogP contribution < -0.4 is 4.72 Å². The van der Waals surface area contributed by atoms with E-state index < -0.39 is 10.0 Å². The van der Waals surface area contributed by atoms with Gasteiger partial charge in [-0.1, -0.05) is 0 Å². The van der Waals surface area contributed by atoms with Crippen LogP contribution in [0.1, 0.15) is 32.1 Å². The normalized spacial score (nSPS) is 29.8. The third-order valence-electron chi connectivity index (χ3n) is 5.11. The van der Waals surface area contributed by atoms with Crippen LogP contribution in [-0.4, -0.2) is 82.0 Å². The summed E-state index contributed by atoms with van der Waals surface area (Å²) in [4.78, 5) is 4.94. The van der Waals surface area contributed by atoms with Crippen LogP contribution in [0.5, 0.6) is 0 Å². The van der Waals surface area contributed by atoms with Gasteiger partial charge in [0.1, 0.15) is 0 Å². The molecule has 3 rings (SSSR count). The molecule has 2 aliphatic heterocycles. The lowest BCUT2D eigenvalue weighted by Gasteiger charge is -2.41. The maximum atomic E-state index is 11.8. The molecule has 22 heavy (non-hydrogen) atoms. The molecule has 0 aromatic rings. The molecule has 1 N–H and O–H groups in total. The van der Waals surface area contributed by atoms with Crippen LogP contribution in [0.3, 0.4) is 0 Å². The highest BCUT2D eigenvalue weighted by atomic mass is 32.2. The highest BCUT2D eigenvalue weighted by Gasteiger charge is 2.35. The summed E-state index contributed by atoms with van der Waals surface area (Å²) < 4.78 is 32.2. The van der Waals surface area contributed by atoms with Crippen LogP contribution in [0.2, 0.25) is 0 Å². The maximum Gasteiger partial charge on any atom is 0.214 e. The van der Waals surface area contributed by atoms with Crippen LogP contribution in [0.25, 0.3) is 0 Å². The predicted octanol–water partition coefficient (Wildman–Crippen LogP) is 0.253.